The predicted molar refractivity (Wildman–Crippen MR) is 124 cm³/mol. The second-order valence-electron chi connectivity index (χ2n) is 8.03. The Hall–Kier alpha value is -4.60. The lowest BCUT2D eigenvalue weighted by molar-refractivity contribution is -0.142. The van der Waals surface area contributed by atoms with Crippen LogP contribution in [0.1, 0.15) is 35.8 Å². The van der Waals surface area contributed by atoms with E-state index in [-0.39, 0.29) is 11.5 Å². The summed E-state index contributed by atoms with van der Waals surface area (Å²) in [5, 5.41) is 41.0. The first-order chi connectivity index (χ1) is 17.1. The highest BCUT2D eigenvalue weighted by Crippen LogP contribution is 2.41. The Morgan fingerprint density at radius 2 is 0.944 bits per heavy atom. The van der Waals surface area contributed by atoms with Gasteiger partial charge in [0.15, 0.2) is 11.5 Å². The molecule has 2 aromatic rings. The van der Waals surface area contributed by atoms with Gasteiger partial charge in [0.2, 0.25) is 11.6 Å². The number of Topliss-reactive ketones (excluding diaryl/α,β-unsaturated/α-hetero) is 2. The van der Waals surface area contributed by atoms with Crippen molar-refractivity contribution in [3.63, 3.8) is 0 Å². The SMILES string of the molecule is COC(=O)C[C@@H](C1=C(O)C(=O)C([C@H](CC(=O)OC)c2ccc(O)cc2)=C(O)C1=O)c1ccc(O)cc1. The number of esters is 2. The van der Waals surface area contributed by atoms with E-state index in [9.17, 15) is 39.6 Å². The highest BCUT2D eigenvalue weighted by atomic mass is 16.5. The molecule has 4 N–H and O–H groups in total. The maximum Gasteiger partial charge on any atom is 0.306 e. The molecule has 10 nitrogen and oxygen atoms in total. The van der Waals surface area contributed by atoms with Gasteiger partial charge in [0.1, 0.15) is 11.5 Å². The number of aromatic hydroxyl groups is 2. The van der Waals surface area contributed by atoms with Gasteiger partial charge in [-0.3, -0.25) is 19.2 Å². The summed E-state index contributed by atoms with van der Waals surface area (Å²) in [6, 6.07) is 10.8. The van der Waals surface area contributed by atoms with E-state index in [4.69, 9.17) is 0 Å². The zero-order valence-corrected chi connectivity index (χ0v) is 19.4. The zero-order chi connectivity index (χ0) is 26.6. The Labute approximate surface area is 205 Å². The number of carbonyl (C=O) groups excluding carboxylic acids is 4. The Balaban J connectivity index is 2.14. The average Bonchev–Trinajstić information content (AvgIpc) is 2.87. The lowest BCUT2D eigenvalue weighted by Crippen LogP contribution is -2.31. The zero-order valence-electron chi connectivity index (χ0n) is 19.4. The third-order valence-electron chi connectivity index (χ3n) is 5.91. The molecule has 0 spiro atoms. The normalized spacial score (nSPS) is 15.5. The van der Waals surface area contributed by atoms with E-state index in [1.807, 2.05) is 0 Å². The van der Waals surface area contributed by atoms with E-state index in [0.29, 0.717) is 11.1 Å². The van der Waals surface area contributed by atoms with E-state index in [1.54, 1.807) is 0 Å². The first-order valence-electron chi connectivity index (χ1n) is 10.8. The summed E-state index contributed by atoms with van der Waals surface area (Å²) in [6.45, 7) is 0. The Bertz CT molecular complexity index is 1150. The quantitative estimate of drug-likeness (QED) is 0.315. The van der Waals surface area contributed by atoms with Crippen LogP contribution in [0.4, 0.5) is 0 Å². The molecular weight excluding hydrogens is 472 g/mol. The molecule has 0 fully saturated rings. The number of aliphatic hydroxyl groups is 2. The minimum absolute atomic E-state index is 0.0932. The topological polar surface area (TPSA) is 168 Å². The molecule has 0 amide bonds. The number of ether oxygens (including phenoxy) is 2. The third-order valence-corrected chi connectivity index (χ3v) is 5.91. The highest BCUT2D eigenvalue weighted by molar-refractivity contribution is 6.24. The van der Waals surface area contributed by atoms with Crippen molar-refractivity contribution in [3.05, 3.63) is 82.3 Å². The van der Waals surface area contributed by atoms with Crippen LogP contribution in [0.2, 0.25) is 0 Å². The van der Waals surface area contributed by atoms with Crippen LogP contribution in [0.3, 0.4) is 0 Å². The number of ketones is 2. The molecule has 0 saturated heterocycles. The van der Waals surface area contributed by atoms with Crippen LogP contribution in [0.5, 0.6) is 11.5 Å². The molecule has 2 atom stereocenters. The third kappa shape index (κ3) is 5.22. The van der Waals surface area contributed by atoms with Gasteiger partial charge in [-0.1, -0.05) is 24.3 Å². The number of hydrogen-bond donors (Lipinski definition) is 4. The van der Waals surface area contributed by atoms with Crippen molar-refractivity contribution < 1.29 is 49.1 Å². The molecule has 0 bridgehead atoms. The van der Waals surface area contributed by atoms with E-state index in [2.05, 4.69) is 9.47 Å². The van der Waals surface area contributed by atoms with Gasteiger partial charge in [-0.15, -0.1) is 0 Å². The summed E-state index contributed by atoms with van der Waals surface area (Å²) >= 11 is 0. The number of hydrogen-bond acceptors (Lipinski definition) is 10. The van der Waals surface area contributed by atoms with Gasteiger partial charge in [-0.05, 0) is 35.4 Å². The second kappa shape index (κ2) is 10.8. The number of phenols is 2. The van der Waals surface area contributed by atoms with E-state index >= 15 is 0 Å². The molecule has 0 radical (unpaired) electrons. The van der Waals surface area contributed by atoms with Gasteiger partial charge in [0.25, 0.3) is 0 Å². The molecule has 36 heavy (non-hydrogen) atoms. The van der Waals surface area contributed by atoms with Crippen LogP contribution in [0.25, 0.3) is 0 Å². The van der Waals surface area contributed by atoms with Crippen LogP contribution in [0, 0.1) is 0 Å². The van der Waals surface area contributed by atoms with Gasteiger partial charge >= 0.3 is 11.9 Å². The lowest BCUT2D eigenvalue weighted by atomic mass is 9.76. The van der Waals surface area contributed by atoms with Crippen LogP contribution in [-0.2, 0) is 28.7 Å². The second-order valence-corrected chi connectivity index (χ2v) is 8.03. The first kappa shape index (κ1) is 26.0. The highest BCUT2D eigenvalue weighted by Gasteiger charge is 2.43. The van der Waals surface area contributed by atoms with Crippen molar-refractivity contribution in [1.82, 2.24) is 0 Å². The predicted octanol–water partition coefficient (Wildman–Crippen LogP) is 2.87. The summed E-state index contributed by atoms with van der Waals surface area (Å²) in [6.07, 6.45) is -0.905. The van der Waals surface area contributed by atoms with Crippen molar-refractivity contribution in [3.8, 4) is 11.5 Å². The van der Waals surface area contributed by atoms with Crippen LogP contribution < -0.4 is 0 Å². The molecule has 2 aromatic carbocycles. The fourth-order valence-corrected chi connectivity index (χ4v) is 4.05. The molecule has 1 aliphatic rings. The number of benzene rings is 2. The number of methoxy groups -OCH3 is 2. The fraction of sp³-hybridized carbons (Fsp3) is 0.231. The number of rotatable bonds is 8. The number of aliphatic hydroxyl groups excluding tert-OH is 2. The van der Waals surface area contributed by atoms with Crippen molar-refractivity contribution in [2.75, 3.05) is 14.2 Å². The first-order valence-corrected chi connectivity index (χ1v) is 10.8. The van der Waals surface area contributed by atoms with Crippen LogP contribution in [0.15, 0.2) is 71.2 Å². The monoisotopic (exact) mass is 496 g/mol. The summed E-state index contributed by atoms with van der Waals surface area (Å²) in [5.74, 6) is -8.29. The smallest absolute Gasteiger partial charge is 0.306 e. The molecule has 10 heteroatoms. The Kier molecular flexibility index (Phi) is 7.78. The summed E-state index contributed by atoms with van der Waals surface area (Å²) in [4.78, 5) is 50.9. The molecular formula is C26H24O10. The van der Waals surface area contributed by atoms with E-state index < -0.39 is 70.8 Å². The molecule has 0 aliphatic heterocycles. The van der Waals surface area contributed by atoms with Crippen LogP contribution >= 0.6 is 0 Å². The van der Waals surface area contributed by atoms with E-state index in [0.717, 1.165) is 14.2 Å². The average molecular weight is 496 g/mol. The summed E-state index contributed by atoms with van der Waals surface area (Å²) in [5.41, 5.74) is -0.469. The van der Waals surface area contributed by atoms with E-state index in [1.165, 1.54) is 48.5 Å². The van der Waals surface area contributed by atoms with Crippen molar-refractivity contribution in [2.24, 2.45) is 0 Å². The lowest BCUT2D eigenvalue weighted by Gasteiger charge is -2.27. The standard InChI is InChI=1S/C26H24O10/c1-35-19(29)11-17(13-3-7-15(27)8-4-13)21-23(31)25(33)22(26(34)24(21)32)18(12-20(30)36-2)14-5-9-16(28)10-6-14/h3-10,17-18,27-28,31,34H,11-12H2,1-2H3/t17-,18-/m1/s1. The number of phenolic OH excluding ortho intramolecular Hbond substituents is 2. The van der Waals surface area contributed by atoms with Crippen molar-refractivity contribution >= 4 is 23.5 Å². The van der Waals surface area contributed by atoms with Gasteiger partial charge in [0.05, 0.1) is 38.2 Å². The largest absolute Gasteiger partial charge is 0.508 e. The number of allylic oxidation sites excluding steroid dienone is 2. The van der Waals surface area contributed by atoms with Gasteiger partial charge in [-0.25, -0.2) is 0 Å². The maximum absolute atomic E-state index is 13.4. The Morgan fingerprint density at radius 3 is 1.22 bits per heavy atom. The van der Waals surface area contributed by atoms with Gasteiger partial charge < -0.3 is 29.9 Å². The van der Waals surface area contributed by atoms with Crippen LogP contribution in [-0.4, -0.2) is 58.2 Å². The molecule has 188 valence electrons. The fourth-order valence-electron chi connectivity index (χ4n) is 4.05. The maximum atomic E-state index is 13.4. The summed E-state index contributed by atoms with van der Waals surface area (Å²) in [7, 11) is 2.26. The summed E-state index contributed by atoms with van der Waals surface area (Å²) < 4.78 is 9.38. The molecule has 0 heterocycles. The molecule has 0 aromatic heterocycles. The molecule has 1 aliphatic carbocycles. The molecule has 0 unspecified atom stereocenters. The van der Waals surface area contributed by atoms with Crippen molar-refractivity contribution in [2.45, 2.75) is 24.7 Å². The van der Waals surface area contributed by atoms with Gasteiger partial charge in [-0.2, -0.15) is 0 Å². The minimum Gasteiger partial charge on any atom is -0.508 e. The minimum atomic E-state index is -1.19. The number of carbonyl (C=O) groups is 4. The van der Waals surface area contributed by atoms with Crippen molar-refractivity contribution in [1.29, 1.82) is 0 Å². The van der Waals surface area contributed by atoms with Gasteiger partial charge in [0, 0.05) is 11.8 Å². The Morgan fingerprint density at radius 1 is 0.639 bits per heavy atom. The molecule has 3 rings (SSSR count). The molecule has 0 saturated carbocycles.